The summed E-state index contributed by atoms with van der Waals surface area (Å²) in [4.78, 5) is 11.6. The second-order valence-electron chi connectivity index (χ2n) is 5.45. The Morgan fingerprint density at radius 3 is 2.86 bits per heavy atom. The molecule has 2 aromatic rings. The van der Waals surface area contributed by atoms with Gasteiger partial charge in [0.25, 0.3) is 0 Å². The summed E-state index contributed by atoms with van der Waals surface area (Å²) in [6, 6.07) is 10.6. The Kier molecular flexibility index (Phi) is 3.59. The molecule has 1 aromatic carbocycles. The van der Waals surface area contributed by atoms with Crippen LogP contribution >= 0.6 is 12.2 Å². The number of thiocarbonyl (C=S) groups is 1. The maximum absolute atomic E-state index is 5.73. The molecule has 1 aliphatic heterocycles. The maximum atomic E-state index is 5.73. The number of nitrogens with two attached hydrogens (primary N) is 1. The quantitative estimate of drug-likeness (QED) is 0.864. The van der Waals surface area contributed by atoms with E-state index in [-0.39, 0.29) is 0 Å². The minimum atomic E-state index is 0.305. The van der Waals surface area contributed by atoms with Crippen LogP contribution in [0.1, 0.15) is 30.3 Å². The molecular weight excluding hydrogens is 280 g/mol. The summed E-state index contributed by atoms with van der Waals surface area (Å²) in [5.41, 5.74) is 9.74. The number of aromatic nitrogens is 2. The highest BCUT2D eigenvalue weighted by Crippen LogP contribution is 2.35. The van der Waals surface area contributed by atoms with Crippen molar-refractivity contribution in [3.05, 3.63) is 47.3 Å². The zero-order valence-electron chi connectivity index (χ0n) is 12.2. The summed E-state index contributed by atoms with van der Waals surface area (Å²) < 4.78 is 0. The van der Waals surface area contributed by atoms with Crippen LogP contribution in [0.25, 0.3) is 0 Å². The van der Waals surface area contributed by atoms with Crippen molar-refractivity contribution in [3.8, 4) is 0 Å². The number of hydrogen-bond donors (Lipinski definition) is 1. The standard InChI is InChI=1S/C16H18N4S/c1-10-9-13(15(17)21)19-16(18-10)20-11(2)7-8-12-5-3-4-6-14(12)20/h3-6,9,11H,7-8H2,1-2H3,(H2,17,21). The van der Waals surface area contributed by atoms with E-state index in [0.29, 0.717) is 22.7 Å². The molecule has 0 radical (unpaired) electrons. The highest BCUT2D eigenvalue weighted by molar-refractivity contribution is 7.80. The molecule has 0 spiro atoms. The van der Waals surface area contributed by atoms with Gasteiger partial charge in [-0.15, -0.1) is 0 Å². The fourth-order valence-electron chi connectivity index (χ4n) is 2.78. The van der Waals surface area contributed by atoms with E-state index in [4.69, 9.17) is 18.0 Å². The number of anilines is 2. The second-order valence-corrected chi connectivity index (χ2v) is 5.89. The molecule has 4 nitrogen and oxygen atoms in total. The van der Waals surface area contributed by atoms with E-state index in [1.807, 2.05) is 19.1 Å². The molecule has 0 aliphatic carbocycles. The van der Waals surface area contributed by atoms with Crippen molar-refractivity contribution >= 4 is 28.8 Å². The second kappa shape index (κ2) is 5.41. The van der Waals surface area contributed by atoms with E-state index in [2.05, 4.69) is 40.0 Å². The van der Waals surface area contributed by atoms with Gasteiger partial charge < -0.3 is 10.6 Å². The zero-order valence-corrected chi connectivity index (χ0v) is 13.0. The van der Waals surface area contributed by atoms with Crippen LogP contribution in [0.4, 0.5) is 11.6 Å². The topological polar surface area (TPSA) is 55.0 Å². The van der Waals surface area contributed by atoms with E-state index < -0.39 is 0 Å². The highest BCUT2D eigenvalue weighted by Gasteiger charge is 2.26. The van der Waals surface area contributed by atoms with Gasteiger partial charge in [0.15, 0.2) is 0 Å². The van der Waals surface area contributed by atoms with Gasteiger partial charge in [0, 0.05) is 17.4 Å². The third kappa shape index (κ3) is 2.61. The van der Waals surface area contributed by atoms with Gasteiger partial charge in [-0.2, -0.15) is 0 Å². The molecule has 0 saturated heterocycles. The first-order chi connectivity index (χ1) is 10.1. The Hall–Kier alpha value is -2.01. The Morgan fingerprint density at radius 2 is 2.10 bits per heavy atom. The molecule has 1 aromatic heterocycles. The summed E-state index contributed by atoms with van der Waals surface area (Å²) in [6.45, 7) is 4.13. The van der Waals surface area contributed by atoms with Crippen molar-refractivity contribution in [2.24, 2.45) is 5.73 Å². The average molecular weight is 298 g/mol. The van der Waals surface area contributed by atoms with Gasteiger partial charge >= 0.3 is 0 Å². The molecule has 108 valence electrons. The normalized spacial score (nSPS) is 17.4. The molecule has 0 amide bonds. The Bertz CT molecular complexity index is 698. The molecule has 0 fully saturated rings. The van der Waals surface area contributed by atoms with Crippen molar-refractivity contribution in [3.63, 3.8) is 0 Å². The molecule has 1 unspecified atom stereocenters. The number of aryl methyl sites for hydroxylation is 2. The van der Waals surface area contributed by atoms with E-state index in [9.17, 15) is 0 Å². The minimum Gasteiger partial charge on any atom is -0.388 e. The fraction of sp³-hybridized carbons (Fsp3) is 0.312. The first-order valence-corrected chi connectivity index (χ1v) is 7.49. The largest absolute Gasteiger partial charge is 0.388 e. The van der Waals surface area contributed by atoms with Crippen LogP contribution in [0, 0.1) is 6.92 Å². The van der Waals surface area contributed by atoms with Crippen molar-refractivity contribution in [2.75, 3.05) is 4.90 Å². The number of hydrogen-bond acceptors (Lipinski definition) is 4. The molecule has 0 bridgehead atoms. The maximum Gasteiger partial charge on any atom is 0.231 e. The number of para-hydroxylation sites is 1. The van der Waals surface area contributed by atoms with Gasteiger partial charge in [-0.25, -0.2) is 9.97 Å². The molecular formula is C16H18N4S. The van der Waals surface area contributed by atoms with Crippen LogP contribution in [0.5, 0.6) is 0 Å². The van der Waals surface area contributed by atoms with Gasteiger partial charge in [0.2, 0.25) is 5.95 Å². The highest BCUT2D eigenvalue weighted by atomic mass is 32.1. The van der Waals surface area contributed by atoms with Crippen molar-refractivity contribution < 1.29 is 0 Å². The van der Waals surface area contributed by atoms with Gasteiger partial charge in [0.1, 0.15) is 10.7 Å². The van der Waals surface area contributed by atoms with Crippen LogP contribution in [0.15, 0.2) is 30.3 Å². The lowest BCUT2D eigenvalue weighted by Crippen LogP contribution is -2.35. The molecule has 1 aliphatic rings. The fourth-order valence-corrected chi connectivity index (χ4v) is 2.88. The predicted molar refractivity (Wildman–Crippen MR) is 89.0 cm³/mol. The molecule has 2 N–H and O–H groups in total. The van der Waals surface area contributed by atoms with E-state index in [1.165, 1.54) is 11.3 Å². The molecule has 21 heavy (non-hydrogen) atoms. The molecule has 3 rings (SSSR count). The average Bonchev–Trinajstić information content (AvgIpc) is 2.46. The molecule has 1 atom stereocenters. The lowest BCUT2D eigenvalue weighted by atomic mass is 9.97. The van der Waals surface area contributed by atoms with Gasteiger partial charge in [0.05, 0.1) is 0 Å². The first-order valence-electron chi connectivity index (χ1n) is 7.09. The summed E-state index contributed by atoms with van der Waals surface area (Å²) in [7, 11) is 0. The van der Waals surface area contributed by atoms with Gasteiger partial charge in [-0.05, 0) is 44.4 Å². The van der Waals surface area contributed by atoms with Gasteiger partial charge in [-0.1, -0.05) is 30.4 Å². The van der Waals surface area contributed by atoms with Crippen LogP contribution < -0.4 is 10.6 Å². The van der Waals surface area contributed by atoms with E-state index in [0.717, 1.165) is 18.5 Å². The first kappa shape index (κ1) is 13.9. The monoisotopic (exact) mass is 298 g/mol. The SMILES string of the molecule is Cc1cc(C(N)=S)nc(N2c3ccccc3CCC2C)n1. The Labute approximate surface area is 130 Å². The predicted octanol–water partition coefficient (Wildman–Crippen LogP) is 2.89. The van der Waals surface area contributed by atoms with Crippen molar-refractivity contribution in [2.45, 2.75) is 32.7 Å². The van der Waals surface area contributed by atoms with Crippen LogP contribution in [-0.4, -0.2) is 21.0 Å². The summed E-state index contributed by atoms with van der Waals surface area (Å²) in [6.07, 6.45) is 2.17. The van der Waals surface area contributed by atoms with Crippen LogP contribution in [-0.2, 0) is 6.42 Å². The number of rotatable bonds is 2. The summed E-state index contributed by atoms with van der Waals surface area (Å²) >= 11 is 5.06. The number of nitrogens with zero attached hydrogens (tertiary/aromatic N) is 3. The molecule has 5 heteroatoms. The minimum absolute atomic E-state index is 0.305. The molecule has 0 saturated carbocycles. The summed E-state index contributed by atoms with van der Waals surface area (Å²) in [5.74, 6) is 0.678. The lowest BCUT2D eigenvalue weighted by Gasteiger charge is -2.35. The van der Waals surface area contributed by atoms with Crippen LogP contribution in [0.2, 0.25) is 0 Å². The van der Waals surface area contributed by atoms with Gasteiger partial charge in [-0.3, -0.25) is 0 Å². The Balaban J connectivity index is 2.13. The number of fused-ring (bicyclic) bond motifs is 1. The Morgan fingerprint density at radius 1 is 1.33 bits per heavy atom. The molecule has 2 heterocycles. The zero-order chi connectivity index (χ0) is 15.0. The van der Waals surface area contributed by atoms with Crippen LogP contribution in [0.3, 0.4) is 0 Å². The smallest absolute Gasteiger partial charge is 0.231 e. The number of benzene rings is 1. The summed E-state index contributed by atoms with van der Waals surface area (Å²) in [5, 5.41) is 0. The third-order valence-corrected chi connectivity index (χ3v) is 4.04. The third-order valence-electron chi connectivity index (χ3n) is 3.83. The van der Waals surface area contributed by atoms with Crippen molar-refractivity contribution in [1.29, 1.82) is 0 Å². The van der Waals surface area contributed by atoms with E-state index >= 15 is 0 Å². The van der Waals surface area contributed by atoms with E-state index in [1.54, 1.807) is 0 Å². The lowest BCUT2D eigenvalue weighted by molar-refractivity contribution is 0.607. The van der Waals surface area contributed by atoms with Crippen molar-refractivity contribution in [1.82, 2.24) is 9.97 Å².